The van der Waals surface area contributed by atoms with Crippen LogP contribution in [0.15, 0.2) is 42.7 Å². The highest BCUT2D eigenvalue weighted by Gasteiger charge is 2.27. The maximum atomic E-state index is 5.74. The van der Waals surface area contributed by atoms with E-state index in [9.17, 15) is 0 Å². The Labute approximate surface area is 113 Å². The largest absolute Gasteiger partial charge is 0.357 e. The van der Waals surface area contributed by atoms with Gasteiger partial charge in [0.1, 0.15) is 0 Å². The molecule has 0 fully saturated rings. The Kier molecular flexibility index (Phi) is 3.22. The van der Waals surface area contributed by atoms with Crippen LogP contribution in [-0.4, -0.2) is 18.6 Å². The van der Waals surface area contributed by atoms with Crippen LogP contribution in [0.4, 0.5) is 5.69 Å². The van der Waals surface area contributed by atoms with E-state index in [1.54, 1.807) is 7.11 Å². The van der Waals surface area contributed by atoms with Crippen LogP contribution in [0.3, 0.4) is 0 Å². The van der Waals surface area contributed by atoms with E-state index in [2.05, 4.69) is 41.1 Å². The SMILES string of the molecule is COC1c2ccccc2CCN1c1cnccc1C. The van der Waals surface area contributed by atoms with Crippen molar-refractivity contribution in [1.82, 2.24) is 4.98 Å². The lowest BCUT2D eigenvalue weighted by Gasteiger charge is -2.38. The van der Waals surface area contributed by atoms with Gasteiger partial charge in [0, 0.05) is 25.4 Å². The molecule has 1 unspecified atom stereocenters. The first-order chi connectivity index (χ1) is 9.31. The number of benzene rings is 1. The summed E-state index contributed by atoms with van der Waals surface area (Å²) >= 11 is 0. The fourth-order valence-electron chi connectivity index (χ4n) is 2.79. The molecule has 1 atom stereocenters. The summed E-state index contributed by atoms with van der Waals surface area (Å²) in [5, 5.41) is 0. The van der Waals surface area contributed by atoms with Crippen LogP contribution < -0.4 is 4.90 Å². The predicted octanol–water partition coefficient (Wildman–Crippen LogP) is 3.10. The van der Waals surface area contributed by atoms with Gasteiger partial charge in [0.15, 0.2) is 6.23 Å². The van der Waals surface area contributed by atoms with Crippen LogP contribution in [0, 0.1) is 6.92 Å². The topological polar surface area (TPSA) is 25.4 Å². The zero-order valence-electron chi connectivity index (χ0n) is 11.3. The molecule has 3 nitrogen and oxygen atoms in total. The highest BCUT2D eigenvalue weighted by molar-refractivity contribution is 5.54. The van der Waals surface area contributed by atoms with Crippen molar-refractivity contribution < 1.29 is 4.74 Å². The summed E-state index contributed by atoms with van der Waals surface area (Å²) < 4.78 is 5.74. The number of rotatable bonds is 2. The zero-order valence-corrected chi connectivity index (χ0v) is 11.3. The van der Waals surface area contributed by atoms with Crippen molar-refractivity contribution in [3.05, 3.63) is 59.4 Å². The van der Waals surface area contributed by atoms with Gasteiger partial charge in [0.05, 0.1) is 11.9 Å². The first-order valence-corrected chi connectivity index (χ1v) is 6.59. The number of ether oxygens (including phenoxy) is 1. The van der Waals surface area contributed by atoms with E-state index >= 15 is 0 Å². The van der Waals surface area contributed by atoms with Gasteiger partial charge in [0.25, 0.3) is 0 Å². The van der Waals surface area contributed by atoms with Crippen molar-refractivity contribution >= 4 is 5.69 Å². The number of anilines is 1. The number of pyridine rings is 1. The second kappa shape index (κ2) is 5.02. The fraction of sp³-hybridized carbons (Fsp3) is 0.312. The summed E-state index contributed by atoms with van der Waals surface area (Å²) in [7, 11) is 1.77. The molecule has 3 rings (SSSR count). The molecule has 0 amide bonds. The Hall–Kier alpha value is -1.87. The number of nitrogens with zero attached hydrogens (tertiary/aromatic N) is 2. The van der Waals surface area contributed by atoms with E-state index < -0.39 is 0 Å². The molecule has 1 aliphatic rings. The standard InChI is InChI=1S/C16H18N2O/c1-12-7-9-17-11-15(12)18-10-8-13-5-3-4-6-14(13)16(18)19-2/h3-7,9,11,16H,8,10H2,1-2H3. The zero-order chi connectivity index (χ0) is 13.2. The predicted molar refractivity (Wildman–Crippen MR) is 76.2 cm³/mol. The van der Waals surface area contributed by atoms with Crippen molar-refractivity contribution in [2.75, 3.05) is 18.6 Å². The molecular formula is C16H18N2O. The number of methoxy groups -OCH3 is 1. The van der Waals surface area contributed by atoms with Crippen LogP contribution in [-0.2, 0) is 11.2 Å². The van der Waals surface area contributed by atoms with Gasteiger partial charge >= 0.3 is 0 Å². The molecule has 0 aliphatic carbocycles. The number of hydrogen-bond acceptors (Lipinski definition) is 3. The molecule has 2 heterocycles. The molecule has 0 bridgehead atoms. The lowest BCUT2D eigenvalue weighted by Crippen LogP contribution is -2.37. The molecule has 2 aromatic rings. The lowest BCUT2D eigenvalue weighted by atomic mass is 9.97. The minimum absolute atomic E-state index is 0.0205. The molecule has 0 spiro atoms. The Morgan fingerprint density at radius 2 is 2.11 bits per heavy atom. The molecule has 0 N–H and O–H groups in total. The van der Waals surface area contributed by atoms with Crippen LogP contribution in [0.5, 0.6) is 0 Å². The fourth-order valence-corrected chi connectivity index (χ4v) is 2.79. The molecular weight excluding hydrogens is 236 g/mol. The van der Waals surface area contributed by atoms with Gasteiger partial charge in [0.2, 0.25) is 0 Å². The molecule has 1 aromatic heterocycles. The van der Waals surface area contributed by atoms with Crippen LogP contribution in [0.25, 0.3) is 0 Å². The van der Waals surface area contributed by atoms with E-state index in [0.717, 1.165) is 18.7 Å². The molecule has 1 aliphatic heterocycles. The smallest absolute Gasteiger partial charge is 0.156 e. The van der Waals surface area contributed by atoms with Crippen LogP contribution >= 0.6 is 0 Å². The van der Waals surface area contributed by atoms with Crippen LogP contribution in [0.2, 0.25) is 0 Å². The van der Waals surface area contributed by atoms with E-state index in [1.165, 1.54) is 16.7 Å². The second-order valence-electron chi connectivity index (χ2n) is 4.89. The summed E-state index contributed by atoms with van der Waals surface area (Å²) in [5.74, 6) is 0. The minimum atomic E-state index is -0.0205. The van der Waals surface area contributed by atoms with Crippen molar-refractivity contribution in [3.63, 3.8) is 0 Å². The number of aromatic nitrogens is 1. The van der Waals surface area contributed by atoms with E-state index in [0.29, 0.717) is 0 Å². The van der Waals surface area contributed by atoms with Gasteiger partial charge in [-0.15, -0.1) is 0 Å². The molecule has 3 heteroatoms. The molecule has 98 valence electrons. The summed E-state index contributed by atoms with van der Waals surface area (Å²) in [6.07, 6.45) is 4.78. The van der Waals surface area contributed by atoms with Gasteiger partial charge in [-0.2, -0.15) is 0 Å². The van der Waals surface area contributed by atoms with Gasteiger partial charge in [-0.1, -0.05) is 24.3 Å². The first kappa shape index (κ1) is 12.2. The monoisotopic (exact) mass is 254 g/mol. The first-order valence-electron chi connectivity index (χ1n) is 6.59. The van der Waals surface area contributed by atoms with Crippen molar-refractivity contribution in [2.24, 2.45) is 0 Å². The van der Waals surface area contributed by atoms with Crippen molar-refractivity contribution in [2.45, 2.75) is 19.6 Å². The van der Waals surface area contributed by atoms with Crippen molar-refractivity contribution in [3.8, 4) is 0 Å². The van der Waals surface area contributed by atoms with Gasteiger partial charge in [-0.05, 0) is 30.5 Å². The highest BCUT2D eigenvalue weighted by Crippen LogP contribution is 2.34. The molecule has 0 saturated carbocycles. The molecule has 1 aromatic carbocycles. The summed E-state index contributed by atoms with van der Waals surface area (Å²) in [5.41, 5.74) is 5.03. The Bertz CT molecular complexity index is 582. The third kappa shape index (κ3) is 2.10. The molecule has 19 heavy (non-hydrogen) atoms. The van der Waals surface area contributed by atoms with E-state index in [-0.39, 0.29) is 6.23 Å². The third-order valence-corrected chi connectivity index (χ3v) is 3.77. The maximum Gasteiger partial charge on any atom is 0.156 e. The third-order valence-electron chi connectivity index (χ3n) is 3.77. The Balaban J connectivity index is 2.03. The van der Waals surface area contributed by atoms with Gasteiger partial charge in [-0.25, -0.2) is 0 Å². The van der Waals surface area contributed by atoms with Crippen LogP contribution in [0.1, 0.15) is 22.9 Å². The maximum absolute atomic E-state index is 5.74. The molecule has 0 saturated heterocycles. The average molecular weight is 254 g/mol. The highest BCUT2D eigenvalue weighted by atomic mass is 16.5. The molecule has 0 radical (unpaired) electrons. The lowest BCUT2D eigenvalue weighted by molar-refractivity contribution is 0.0942. The summed E-state index contributed by atoms with van der Waals surface area (Å²) in [6, 6.07) is 10.6. The normalized spacial score (nSPS) is 18.2. The van der Waals surface area contributed by atoms with Gasteiger partial charge < -0.3 is 9.64 Å². The van der Waals surface area contributed by atoms with Gasteiger partial charge in [-0.3, -0.25) is 4.98 Å². The van der Waals surface area contributed by atoms with Crippen molar-refractivity contribution in [1.29, 1.82) is 0 Å². The Morgan fingerprint density at radius 1 is 1.26 bits per heavy atom. The average Bonchev–Trinajstić information content (AvgIpc) is 2.46. The number of fused-ring (bicyclic) bond motifs is 1. The van der Waals surface area contributed by atoms with E-state index in [4.69, 9.17) is 4.74 Å². The Morgan fingerprint density at radius 3 is 2.89 bits per heavy atom. The summed E-state index contributed by atoms with van der Waals surface area (Å²) in [4.78, 5) is 6.54. The number of hydrogen-bond donors (Lipinski definition) is 0. The quantitative estimate of drug-likeness (QED) is 0.823. The number of aryl methyl sites for hydroxylation is 1. The minimum Gasteiger partial charge on any atom is -0.357 e. The van der Waals surface area contributed by atoms with E-state index in [1.807, 2.05) is 18.5 Å². The second-order valence-corrected chi connectivity index (χ2v) is 4.89. The summed E-state index contributed by atoms with van der Waals surface area (Å²) in [6.45, 7) is 3.08.